The fourth-order valence-corrected chi connectivity index (χ4v) is 3.75. The summed E-state index contributed by atoms with van der Waals surface area (Å²) in [5.41, 5.74) is 9.06. The summed E-state index contributed by atoms with van der Waals surface area (Å²) in [6.45, 7) is 8.08. The van der Waals surface area contributed by atoms with Crippen LogP contribution in [-0.2, 0) is 4.74 Å². The Morgan fingerprint density at radius 1 is 1.35 bits per heavy atom. The summed E-state index contributed by atoms with van der Waals surface area (Å²) in [7, 11) is 0. The van der Waals surface area contributed by atoms with Gasteiger partial charge in [0, 0.05) is 37.1 Å². The van der Waals surface area contributed by atoms with E-state index in [2.05, 4.69) is 11.1 Å². The van der Waals surface area contributed by atoms with Gasteiger partial charge in [0.1, 0.15) is 5.60 Å². The average Bonchev–Trinajstić information content (AvgIpc) is 2.72. The van der Waals surface area contributed by atoms with Crippen molar-refractivity contribution in [2.75, 3.05) is 30.3 Å². The molecule has 8 nitrogen and oxygen atoms in total. The standard InChI is InChI=1S/C23H29N5O3/c1-15-12-28(18(14-29)13-27(15)22(30)31-23(2,3)4)21-9-16(5-6-20(21)25)19-11-26-8-7-17(19)10-24/h5-9,11,15,18,29H,12-14,25H2,1-4H3/t15-,18?/m0/s1. The Labute approximate surface area is 182 Å². The summed E-state index contributed by atoms with van der Waals surface area (Å²) in [5.74, 6) is 0. The van der Waals surface area contributed by atoms with Crippen molar-refractivity contribution < 1.29 is 14.6 Å². The van der Waals surface area contributed by atoms with Crippen LogP contribution in [0.25, 0.3) is 11.1 Å². The Hall–Kier alpha value is -3.31. The largest absolute Gasteiger partial charge is 0.444 e. The molecule has 1 aliphatic heterocycles. The summed E-state index contributed by atoms with van der Waals surface area (Å²) in [5, 5.41) is 19.5. The predicted molar refractivity (Wildman–Crippen MR) is 119 cm³/mol. The van der Waals surface area contributed by atoms with Gasteiger partial charge in [-0.1, -0.05) is 6.07 Å². The van der Waals surface area contributed by atoms with Crippen LogP contribution in [-0.4, -0.2) is 58.5 Å². The zero-order chi connectivity index (χ0) is 22.8. The molecular formula is C23H29N5O3. The van der Waals surface area contributed by atoms with Gasteiger partial charge in [0.15, 0.2) is 0 Å². The highest BCUT2D eigenvalue weighted by Crippen LogP contribution is 2.34. The van der Waals surface area contributed by atoms with Gasteiger partial charge in [0.2, 0.25) is 0 Å². The van der Waals surface area contributed by atoms with E-state index in [4.69, 9.17) is 10.5 Å². The number of nitrogen functional groups attached to an aromatic ring is 1. The maximum atomic E-state index is 12.6. The highest BCUT2D eigenvalue weighted by Gasteiger charge is 2.36. The molecule has 1 amide bonds. The third kappa shape index (κ3) is 4.89. The van der Waals surface area contributed by atoms with Gasteiger partial charge in [-0.2, -0.15) is 5.26 Å². The van der Waals surface area contributed by atoms with Gasteiger partial charge in [-0.3, -0.25) is 4.98 Å². The molecular weight excluding hydrogens is 394 g/mol. The normalized spacial score (nSPS) is 19.1. The Morgan fingerprint density at radius 2 is 2.10 bits per heavy atom. The number of piperazine rings is 1. The summed E-state index contributed by atoms with van der Waals surface area (Å²) < 4.78 is 5.53. The van der Waals surface area contributed by atoms with Crippen molar-refractivity contribution >= 4 is 17.5 Å². The minimum atomic E-state index is -0.594. The van der Waals surface area contributed by atoms with E-state index >= 15 is 0 Å². The smallest absolute Gasteiger partial charge is 0.410 e. The number of aromatic nitrogens is 1. The number of nitriles is 1. The van der Waals surface area contributed by atoms with Gasteiger partial charge < -0.3 is 25.4 Å². The maximum Gasteiger partial charge on any atom is 0.410 e. The predicted octanol–water partition coefficient (Wildman–Crippen LogP) is 3.01. The number of amides is 1. The first kappa shape index (κ1) is 22.4. The fourth-order valence-electron chi connectivity index (χ4n) is 3.75. The van der Waals surface area contributed by atoms with Crippen molar-refractivity contribution in [2.45, 2.75) is 45.4 Å². The molecule has 1 aliphatic rings. The van der Waals surface area contributed by atoms with Gasteiger partial charge in [-0.05, 0) is 51.5 Å². The van der Waals surface area contributed by atoms with Gasteiger partial charge in [0.05, 0.1) is 35.7 Å². The molecule has 2 atom stereocenters. The topological polar surface area (TPSA) is 116 Å². The summed E-state index contributed by atoms with van der Waals surface area (Å²) in [4.78, 5) is 20.5. The van der Waals surface area contributed by atoms with Crippen molar-refractivity contribution in [3.63, 3.8) is 0 Å². The van der Waals surface area contributed by atoms with Gasteiger partial charge >= 0.3 is 6.09 Å². The minimum Gasteiger partial charge on any atom is -0.444 e. The second kappa shape index (κ2) is 8.82. The first-order valence-corrected chi connectivity index (χ1v) is 10.3. The molecule has 164 valence electrons. The molecule has 31 heavy (non-hydrogen) atoms. The van der Waals surface area contributed by atoms with Gasteiger partial charge in [-0.15, -0.1) is 0 Å². The van der Waals surface area contributed by atoms with Crippen LogP contribution in [0.15, 0.2) is 36.7 Å². The molecule has 0 spiro atoms. The quantitative estimate of drug-likeness (QED) is 0.729. The van der Waals surface area contributed by atoms with Crippen LogP contribution in [0, 0.1) is 11.3 Å². The number of anilines is 2. The van der Waals surface area contributed by atoms with E-state index in [-0.39, 0.29) is 18.7 Å². The van der Waals surface area contributed by atoms with E-state index in [1.165, 1.54) is 0 Å². The van der Waals surface area contributed by atoms with Crippen LogP contribution in [0.5, 0.6) is 0 Å². The molecule has 3 N–H and O–H groups in total. The van der Waals surface area contributed by atoms with Gasteiger partial charge in [0.25, 0.3) is 0 Å². The van der Waals surface area contributed by atoms with Crippen molar-refractivity contribution in [1.29, 1.82) is 5.26 Å². The number of pyridine rings is 1. The lowest BCUT2D eigenvalue weighted by molar-refractivity contribution is 0.0103. The molecule has 1 aromatic carbocycles. The van der Waals surface area contributed by atoms with Crippen molar-refractivity contribution in [3.05, 3.63) is 42.2 Å². The Bertz CT molecular complexity index is 995. The molecule has 1 saturated heterocycles. The lowest BCUT2D eigenvalue weighted by Crippen LogP contribution is -2.61. The summed E-state index contributed by atoms with van der Waals surface area (Å²) >= 11 is 0. The molecule has 3 rings (SSSR count). The van der Waals surface area contributed by atoms with Crippen molar-refractivity contribution in [1.82, 2.24) is 9.88 Å². The molecule has 1 aromatic heterocycles. The van der Waals surface area contributed by atoms with Crippen molar-refractivity contribution in [3.8, 4) is 17.2 Å². The number of nitrogens with two attached hydrogens (primary N) is 1. The zero-order valence-electron chi connectivity index (χ0n) is 18.4. The number of carbonyl (C=O) groups is 1. The highest BCUT2D eigenvalue weighted by atomic mass is 16.6. The number of aliphatic hydroxyl groups is 1. The highest BCUT2D eigenvalue weighted by molar-refractivity contribution is 5.79. The summed E-state index contributed by atoms with van der Waals surface area (Å²) in [6.07, 6.45) is 2.84. The number of ether oxygens (including phenoxy) is 1. The van der Waals surface area contributed by atoms with Gasteiger partial charge in [-0.25, -0.2) is 4.79 Å². The molecule has 1 fully saturated rings. The van der Waals surface area contributed by atoms with Crippen LogP contribution < -0.4 is 10.6 Å². The van der Waals surface area contributed by atoms with E-state index in [1.54, 1.807) is 29.4 Å². The Balaban J connectivity index is 1.92. The Kier molecular flexibility index (Phi) is 6.37. The fraction of sp³-hybridized carbons (Fsp3) is 0.435. The molecule has 0 aliphatic carbocycles. The van der Waals surface area contributed by atoms with E-state index in [1.807, 2.05) is 44.7 Å². The number of rotatable bonds is 3. The second-order valence-corrected chi connectivity index (χ2v) is 8.78. The van der Waals surface area contributed by atoms with Crippen LogP contribution in [0.1, 0.15) is 33.3 Å². The first-order chi connectivity index (χ1) is 14.6. The number of hydrogen-bond donors (Lipinski definition) is 2. The molecule has 2 heterocycles. The lowest BCUT2D eigenvalue weighted by Gasteiger charge is -2.46. The molecule has 0 radical (unpaired) electrons. The van der Waals surface area contributed by atoms with Crippen LogP contribution >= 0.6 is 0 Å². The minimum absolute atomic E-state index is 0.145. The zero-order valence-corrected chi connectivity index (χ0v) is 18.4. The number of carbonyl (C=O) groups excluding carboxylic acids is 1. The monoisotopic (exact) mass is 423 g/mol. The number of benzene rings is 1. The number of nitrogens with zero attached hydrogens (tertiary/aromatic N) is 4. The number of hydrogen-bond acceptors (Lipinski definition) is 7. The first-order valence-electron chi connectivity index (χ1n) is 10.3. The second-order valence-electron chi connectivity index (χ2n) is 8.78. The lowest BCUT2D eigenvalue weighted by atomic mass is 9.99. The molecule has 1 unspecified atom stereocenters. The van der Waals surface area contributed by atoms with E-state index in [0.717, 1.165) is 11.3 Å². The van der Waals surface area contributed by atoms with E-state index in [9.17, 15) is 15.2 Å². The van der Waals surface area contributed by atoms with Crippen LogP contribution in [0.3, 0.4) is 0 Å². The summed E-state index contributed by atoms with van der Waals surface area (Å²) in [6, 6.07) is 8.92. The third-order valence-electron chi connectivity index (χ3n) is 5.27. The van der Waals surface area contributed by atoms with Crippen molar-refractivity contribution in [2.24, 2.45) is 0 Å². The average molecular weight is 424 g/mol. The SMILES string of the molecule is C[C@H]1CN(c2cc(-c3cnccc3C#N)ccc2N)C(CO)CN1C(=O)OC(C)(C)C. The molecule has 2 aromatic rings. The molecule has 0 saturated carbocycles. The van der Waals surface area contributed by atoms with Crippen LogP contribution in [0.2, 0.25) is 0 Å². The van der Waals surface area contributed by atoms with E-state index in [0.29, 0.717) is 29.9 Å². The van der Waals surface area contributed by atoms with Crippen LogP contribution in [0.4, 0.5) is 16.2 Å². The number of aliphatic hydroxyl groups excluding tert-OH is 1. The van der Waals surface area contributed by atoms with E-state index < -0.39 is 11.7 Å². The molecule has 0 bridgehead atoms. The maximum absolute atomic E-state index is 12.6. The Morgan fingerprint density at radius 3 is 2.74 bits per heavy atom. The molecule has 8 heteroatoms. The third-order valence-corrected chi connectivity index (χ3v) is 5.27.